The van der Waals surface area contributed by atoms with Crippen LogP contribution >= 0.6 is 0 Å². The highest BCUT2D eigenvalue weighted by Crippen LogP contribution is 2.13. The molecule has 0 saturated heterocycles. The molecule has 19 heavy (non-hydrogen) atoms. The molecule has 4 N–H and O–H groups in total. The van der Waals surface area contributed by atoms with E-state index in [4.69, 9.17) is 11.5 Å². The summed E-state index contributed by atoms with van der Waals surface area (Å²) in [7, 11) is 4.07. The van der Waals surface area contributed by atoms with Crippen LogP contribution in [0.1, 0.15) is 12.0 Å². The average Bonchev–Trinajstić information content (AvgIpc) is 2.30. The zero-order valence-corrected chi connectivity index (χ0v) is 11.8. The van der Waals surface area contributed by atoms with Crippen LogP contribution in [-0.2, 0) is 11.3 Å². The monoisotopic (exact) mass is 264 g/mol. The van der Waals surface area contributed by atoms with Crippen molar-refractivity contribution in [3.8, 4) is 0 Å². The van der Waals surface area contributed by atoms with Crippen LogP contribution in [0.5, 0.6) is 0 Å². The van der Waals surface area contributed by atoms with Gasteiger partial charge in [-0.05, 0) is 38.7 Å². The zero-order valence-electron chi connectivity index (χ0n) is 11.8. The van der Waals surface area contributed by atoms with Crippen molar-refractivity contribution >= 4 is 11.6 Å². The molecule has 0 heterocycles. The lowest BCUT2D eigenvalue weighted by Crippen LogP contribution is -2.35. The first-order valence-electron chi connectivity index (χ1n) is 6.48. The molecule has 0 spiro atoms. The minimum absolute atomic E-state index is 0.266. The molecule has 1 aromatic rings. The summed E-state index contributed by atoms with van der Waals surface area (Å²) < 4.78 is 0. The van der Waals surface area contributed by atoms with E-state index in [-0.39, 0.29) is 12.5 Å². The van der Waals surface area contributed by atoms with Crippen LogP contribution in [-0.4, -0.2) is 49.4 Å². The molecule has 5 nitrogen and oxygen atoms in total. The van der Waals surface area contributed by atoms with Gasteiger partial charge in [0.1, 0.15) is 0 Å². The highest BCUT2D eigenvalue weighted by Gasteiger charge is 2.10. The van der Waals surface area contributed by atoms with Gasteiger partial charge in [0.15, 0.2) is 0 Å². The number of carbonyl (C=O) groups excluding carboxylic acids is 1. The summed E-state index contributed by atoms with van der Waals surface area (Å²) in [5, 5.41) is 0. The van der Waals surface area contributed by atoms with Crippen LogP contribution in [0.3, 0.4) is 0 Å². The van der Waals surface area contributed by atoms with Gasteiger partial charge in [0.25, 0.3) is 0 Å². The van der Waals surface area contributed by atoms with E-state index in [0.717, 1.165) is 30.8 Å². The summed E-state index contributed by atoms with van der Waals surface area (Å²) in [5.74, 6) is -0.306. The fraction of sp³-hybridized carbons (Fsp3) is 0.500. The third kappa shape index (κ3) is 6.22. The number of nitrogen functional groups attached to an aromatic ring is 1. The summed E-state index contributed by atoms with van der Waals surface area (Å²) in [6, 6.07) is 7.71. The number of rotatable bonds is 8. The van der Waals surface area contributed by atoms with Crippen molar-refractivity contribution in [3.05, 3.63) is 29.8 Å². The summed E-state index contributed by atoms with van der Waals surface area (Å²) in [5.41, 5.74) is 13.0. The molecule has 5 heteroatoms. The van der Waals surface area contributed by atoms with Crippen LogP contribution < -0.4 is 11.5 Å². The lowest BCUT2D eigenvalue weighted by Gasteiger charge is -2.22. The maximum absolute atomic E-state index is 11.1. The van der Waals surface area contributed by atoms with Crippen LogP contribution in [0.15, 0.2) is 24.3 Å². The molecule has 0 aliphatic rings. The molecule has 1 aromatic carbocycles. The van der Waals surface area contributed by atoms with Crippen molar-refractivity contribution in [1.29, 1.82) is 0 Å². The predicted molar refractivity (Wildman–Crippen MR) is 78.5 cm³/mol. The Balaban J connectivity index is 2.58. The van der Waals surface area contributed by atoms with Gasteiger partial charge in [-0.15, -0.1) is 0 Å². The van der Waals surface area contributed by atoms with Gasteiger partial charge in [0, 0.05) is 18.8 Å². The Hall–Kier alpha value is -1.59. The highest BCUT2D eigenvalue weighted by atomic mass is 16.1. The van der Waals surface area contributed by atoms with Crippen molar-refractivity contribution < 1.29 is 4.79 Å². The number of hydrogen-bond donors (Lipinski definition) is 2. The van der Waals surface area contributed by atoms with Gasteiger partial charge < -0.3 is 16.4 Å². The van der Waals surface area contributed by atoms with E-state index >= 15 is 0 Å². The lowest BCUT2D eigenvalue weighted by atomic mass is 10.1. The number of anilines is 1. The zero-order chi connectivity index (χ0) is 14.3. The van der Waals surface area contributed by atoms with Gasteiger partial charge in [0.2, 0.25) is 5.91 Å². The summed E-state index contributed by atoms with van der Waals surface area (Å²) in [6.45, 7) is 2.74. The third-order valence-electron chi connectivity index (χ3n) is 2.91. The fourth-order valence-electron chi connectivity index (χ4n) is 1.96. The van der Waals surface area contributed by atoms with E-state index in [1.165, 1.54) is 0 Å². The lowest BCUT2D eigenvalue weighted by molar-refractivity contribution is -0.119. The molecular formula is C14H24N4O. The molecule has 106 valence electrons. The minimum atomic E-state index is -0.306. The van der Waals surface area contributed by atoms with E-state index in [0.29, 0.717) is 6.54 Å². The number of primary amides is 1. The average molecular weight is 264 g/mol. The number of benzene rings is 1. The molecule has 1 amide bonds. The first kappa shape index (κ1) is 15.5. The summed E-state index contributed by atoms with van der Waals surface area (Å²) in [4.78, 5) is 15.3. The Labute approximate surface area is 115 Å². The van der Waals surface area contributed by atoms with Gasteiger partial charge in [-0.3, -0.25) is 9.69 Å². The fourth-order valence-corrected chi connectivity index (χ4v) is 1.96. The first-order chi connectivity index (χ1) is 8.99. The van der Waals surface area contributed by atoms with E-state index in [1.54, 1.807) is 0 Å². The van der Waals surface area contributed by atoms with Crippen molar-refractivity contribution in [3.63, 3.8) is 0 Å². The molecule has 0 atom stereocenters. The van der Waals surface area contributed by atoms with E-state index in [2.05, 4.69) is 4.90 Å². The quantitative estimate of drug-likeness (QED) is 0.671. The Bertz CT molecular complexity index is 406. The number of para-hydroxylation sites is 1. The summed E-state index contributed by atoms with van der Waals surface area (Å²) in [6.07, 6.45) is 0.993. The van der Waals surface area contributed by atoms with E-state index in [1.807, 2.05) is 43.3 Å². The second-order valence-corrected chi connectivity index (χ2v) is 5.03. The van der Waals surface area contributed by atoms with Crippen molar-refractivity contribution in [2.75, 3.05) is 39.5 Å². The Morgan fingerprint density at radius 2 is 1.89 bits per heavy atom. The van der Waals surface area contributed by atoms with Crippen LogP contribution in [0.25, 0.3) is 0 Å². The third-order valence-corrected chi connectivity index (χ3v) is 2.91. The second-order valence-electron chi connectivity index (χ2n) is 5.03. The van der Waals surface area contributed by atoms with E-state index in [9.17, 15) is 4.79 Å². The molecule has 1 rings (SSSR count). The van der Waals surface area contributed by atoms with Gasteiger partial charge in [-0.1, -0.05) is 18.2 Å². The molecule has 0 unspecified atom stereocenters. The number of amides is 1. The maximum Gasteiger partial charge on any atom is 0.231 e. The van der Waals surface area contributed by atoms with Crippen molar-refractivity contribution in [2.24, 2.45) is 5.73 Å². The predicted octanol–water partition coefficient (Wildman–Crippen LogP) is 0.508. The number of nitrogens with zero attached hydrogens (tertiary/aromatic N) is 2. The smallest absolute Gasteiger partial charge is 0.231 e. The Morgan fingerprint density at radius 3 is 2.47 bits per heavy atom. The number of carbonyl (C=O) groups is 1. The van der Waals surface area contributed by atoms with Crippen LogP contribution in [0.4, 0.5) is 5.69 Å². The van der Waals surface area contributed by atoms with Crippen LogP contribution in [0.2, 0.25) is 0 Å². The Morgan fingerprint density at radius 1 is 1.21 bits per heavy atom. The molecule has 0 radical (unpaired) electrons. The normalized spacial score (nSPS) is 11.2. The number of hydrogen-bond acceptors (Lipinski definition) is 4. The topological polar surface area (TPSA) is 75.6 Å². The van der Waals surface area contributed by atoms with Gasteiger partial charge >= 0.3 is 0 Å². The molecule has 0 aromatic heterocycles. The summed E-state index contributed by atoms with van der Waals surface area (Å²) >= 11 is 0. The first-order valence-corrected chi connectivity index (χ1v) is 6.48. The van der Waals surface area contributed by atoms with Gasteiger partial charge in [-0.25, -0.2) is 0 Å². The molecule has 0 aliphatic carbocycles. The van der Waals surface area contributed by atoms with Gasteiger partial charge in [-0.2, -0.15) is 0 Å². The van der Waals surface area contributed by atoms with Gasteiger partial charge in [0.05, 0.1) is 6.54 Å². The standard InChI is InChI=1S/C14H24N4O/c1-17(2)8-5-9-18(11-14(16)19)10-12-6-3-4-7-13(12)15/h3-4,6-7H,5,8-11,15H2,1-2H3,(H2,16,19). The number of nitrogens with two attached hydrogens (primary N) is 2. The second kappa shape index (κ2) is 7.76. The molecule has 0 saturated carbocycles. The Kier molecular flexibility index (Phi) is 6.32. The largest absolute Gasteiger partial charge is 0.398 e. The van der Waals surface area contributed by atoms with E-state index < -0.39 is 0 Å². The highest BCUT2D eigenvalue weighted by molar-refractivity contribution is 5.75. The van der Waals surface area contributed by atoms with Crippen molar-refractivity contribution in [1.82, 2.24) is 9.80 Å². The molecule has 0 fully saturated rings. The minimum Gasteiger partial charge on any atom is -0.398 e. The van der Waals surface area contributed by atoms with Crippen LogP contribution in [0, 0.1) is 0 Å². The molecular weight excluding hydrogens is 240 g/mol. The maximum atomic E-state index is 11.1. The molecule has 0 bridgehead atoms. The SMILES string of the molecule is CN(C)CCCN(CC(N)=O)Cc1ccccc1N. The molecule has 0 aliphatic heterocycles. The van der Waals surface area contributed by atoms with Crippen molar-refractivity contribution in [2.45, 2.75) is 13.0 Å².